The van der Waals surface area contributed by atoms with Crippen LogP contribution in [0.2, 0.25) is 0 Å². The maximum Gasteiger partial charge on any atom is 0.222 e. The highest BCUT2D eigenvalue weighted by atomic mass is 35.5. The Labute approximate surface area is 135 Å². The molecule has 0 aliphatic carbocycles. The molecule has 0 fully saturated rings. The number of alkyl halides is 2. The molecular weight excluding hydrogens is 293 g/mol. The highest BCUT2D eigenvalue weighted by Crippen LogP contribution is 2.11. The van der Waals surface area contributed by atoms with Crippen molar-refractivity contribution in [3.8, 4) is 0 Å². The summed E-state index contributed by atoms with van der Waals surface area (Å²) >= 11 is 11.4. The molecule has 4 heteroatoms. The highest BCUT2D eigenvalue weighted by molar-refractivity contribution is 6.18. The van der Waals surface area contributed by atoms with E-state index in [9.17, 15) is 4.79 Å². The van der Waals surface area contributed by atoms with Gasteiger partial charge in [-0.2, -0.15) is 0 Å². The predicted octanol–water partition coefficient (Wildman–Crippen LogP) is 5.21. The second-order valence-corrected chi connectivity index (χ2v) is 6.09. The largest absolute Gasteiger partial charge is 0.340 e. The van der Waals surface area contributed by atoms with Crippen molar-refractivity contribution in [2.45, 2.75) is 71.1 Å². The lowest BCUT2D eigenvalue weighted by Gasteiger charge is -2.20. The number of hydrogen-bond acceptors (Lipinski definition) is 1. The molecule has 2 nitrogen and oxygen atoms in total. The fourth-order valence-corrected chi connectivity index (χ4v) is 2.72. The first-order chi connectivity index (χ1) is 9.76. The first-order valence-electron chi connectivity index (χ1n) is 8.16. The molecule has 0 radical (unpaired) electrons. The van der Waals surface area contributed by atoms with Crippen molar-refractivity contribution in [1.29, 1.82) is 0 Å². The molecule has 0 rings (SSSR count). The minimum atomic E-state index is 0.203. The molecule has 0 heterocycles. The summed E-state index contributed by atoms with van der Waals surface area (Å²) in [7, 11) is 0. The molecular formula is C16H31Cl2NO. The van der Waals surface area contributed by atoms with E-state index in [1.165, 1.54) is 44.9 Å². The average molecular weight is 324 g/mol. The molecule has 0 aromatic carbocycles. The Morgan fingerprint density at radius 1 is 0.800 bits per heavy atom. The fraction of sp³-hybridized carbons (Fsp3) is 0.938. The summed E-state index contributed by atoms with van der Waals surface area (Å²) in [5.41, 5.74) is 0. The van der Waals surface area contributed by atoms with Gasteiger partial charge in [-0.05, 0) is 6.42 Å². The highest BCUT2D eigenvalue weighted by Gasteiger charge is 2.11. The maximum atomic E-state index is 11.9. The molecule has 120 valence electrons. The number of rotatable bonds is 14. The van der Waals surface area contributed by atoms with E-state index in [0.717, 1.165) is 12.8 Å². The van der Waals surface area contributed by atoms with Crippen molar-refractivity contribution < 1.29 is 4.79 Å². The van der Waals surface area contributed by atoms with Crippen LogP contribution in [0.5, 0.6) is 0 Å². The zero-order chi connectivity index (χ0) is 15.1. The lowest BCUT2D eigenvalue weighted by molar-refractivity contribution is -0.130. The number of hydrogen-bond donors (Lipinski definition) is 0. The minimum absolute atomic E-state index is 0.203. The quantitative estimate of drug-likeness (QED) is 0.317. The van der Waals surface area contributed by atoms with Gasteiger partial charge in [0.1, 0.15) is 0 Å². The summed E-state index contributed by atoms with van der Waals surface area (Å²) < 4.78 is 0. The average Bonchev–Trinajstić information content (AvgIpc) is 2.45. The SMILES string of the molecule is CCCCCCCCCCCC(=O)N(CCCl)CCCl. The maximum absolute atomic E-state index is 11.9. The van der Waals surface area contributed by atoms with Gasteiger partial charge in [-0.1, -0.05) is 58.3 Å². The lowest BCUT2D eigenvalue weighted by atomic mass is 10.1. The third-order valence-corrected chi connectivity index (χ3v) is 3.89. The van der Waals surface area contributed by atoms with Crippen LogP contribution in [0.4, 0.5) is 0 Å². The molecule has 0 saturated carbocycles. The van der Waals surface area contributed by atoms with Gasteiger partial charge in [-0.3, -0.25) is 4.79 Å². The Bertz CT molecular complexity index is 219. The van der Waals surface area contributed by atoms with Crippen molar-refractivity contribution in [3.05, 3.63) is 0 Å². The van der Waals surface area contributed by atoms with Crippen LogP contribution in [0.15, 0.2) is 0 Å². The Morgan fingerprint density at radius 3 is 1.70 bits per heavy atom. The van der Waals surface area contributed by atoms with Crippen LogP contribution < -0.4 is 0 Å². The van der Waals surface area contributed by atoms with Crippen LogP contribution in [0.3, 0.4) is 0 Å². The number of amides is 1. The first-order valence-corrected chi connectivity index (χ1v) is 9.22. The smallest absolute Gasteiger partial charge is 0.222 e. The molecule has 0 saturated heterocycles. The molecule has 0 unspecified atom stereocenters. The number of carbonyl (C=O) groups is 1. The van der Waals surface area contributed by atoms with Gasteiger partial charge < -0.3 is 4.90 Å². The number of halogens is 2. The summed E-state index contributed by atoms with van der Waals surface area (Å²) in [6.07, 6.45) is 12.1. The Kier molecular flexibility index (Phi) is 15.5. The van der Waals surface area contributed by atoms with Crippen LogP contribution in [0, 0.1) is 0 Å². The molecule has 0 spiro atoms. The number of carbonyl (C=O) groups excluding carboxylic acids is 1. The van der Waals surface area contributed by atoms with Gasteiger partial charge in [0.2, 0.25) is 5.91 Å². The Balaban J connectivity index is 3.45. The molecule has 0 bridgehead atoms. The first kappa shape index (κ1) is 20.1. The van der Waals surface area contributed by atoms with E-state index in [1.54, 1.807) is 4.90 Å². The minimum Gasteiger partial charge on any atom is -0.340 e. The van der Waals surface area contributed by atoms with Crippen molar-refractivity contribution in [1.82, 2.24) is 4.90 Å². The molecule has 0 aromatic rings. The van der Waals surface area contributed by atoms with Crippen LogP contribution >= 0.6 is 23.2 Å². The zero-order valence-electron chi connectivity index (χ0n) is 13.0. The fourth-order valence-electron chi connectivity index (χ4n) is 2.31. The third-order valence-electron chi connectivity index (χ3n) is 3.56. The molecule has 20 heavy (non-hydrogen) atoms. The van der Waals surface area contributed by atoms with E-state index in [4.69, 9.17) is 23.2 Å². The molecule has 0 aliphatic heterocycles. The number of unbranched alkanes of at least 4 members (excludes halogenated alkanes) is 8. The summed E-state index contributed by atoms with van der Waals surface area (Å²) in [5, 5.41) is 0. The second-order valence-electron chi connectivity index (χ2n) is 5.34. The molecule has 0 aliphatic rings. The predicted molar refractivity (Wildman–Crippen MR) is 89.9 cm³/mol. The summed E-state index contributed by atoms with van der Waals surface area (Å²) in [4.78, 5) is 13.7. The summed E-state index contributed by atoms with van der Waals surface area (Å²) in [6, 6.07) is 0. The van der Waals surface area contributed by atoms with Gasteiger partial charge in [-0.15, -0.1) is 23.2 Å². The molecule has 0 aromatic heterocycles. The van der Waals surface area contributed by atoms with Crippen LogP contribution in [0.25, 0.3) is 0 Å². The third kappa shape index (κ3) is 11.8. The van der Waals surface area contributed by atoms with Crippen LogP contribution in [-0.4, -0.2) is 35.7 Å². The number of nitrogens with zero attached hydrogens (tertiary/aromatic N) is 1. The van der Waals surface area contributed by atoms with E-state index in [2.05, 4.69) is 6.92 Å². The van der Waals surface area contributed by atoms with E-state index in [-0.39, 0.29) is 5.91 Å². The molecule has 1 amide bonds. The monoisotopic (exact) mass is 323 g/mol. The van der Waals surface area contributed by atoms with Crippen molar-refractivity contribution >= 4 is 29.1 Å². The van der Waals surface area contributed by atoms with Gasteiger partial charge in [0, 0.05) is 31.3 Å². The van der Waals surface area contributed by atoms with Gasteiger partial charge >= 0.3 is 0 Å². The van der Waals surface area contributed by atoms with Crippen LogP contribution in [0.1, 0.15) is 71.1 Å². The van der Waals surface area contributed by atoms with E-state index in [0.29, 0.717) is 31.3 Å². The van der Waals surface area contributed by atoms with Gasteiger partial charge in [0.15, 0.2) is 0 Å². The van der Waals surface area contributed by atoms with Crippen molar-refractivity contribution in [2.75, 3.05) is 24.8 Å². The molecule has 0 atom stereocenters. The Hall–Kier alpha value is 0.0500. The van der Waals surface area contributed by atoms with Crippen molar-refractivity contribution in [3.63, 3.8) is 0 Å². The van der Waals surface area contributed by atoms with E-state index >= 15 is 0 Å². The van der Waals surface area contributed by atoms with Gasteiger partial charge in [0.25, 0.3) is 0 Å². The summed E-state index contributed by atoms with van der Waals surface area (Å²) in [5.74, 6) is 1.18. The second kappa shape index (κ2) is 15.4. The van der Waals surface area contributed by atoms with Crippen molar-refractivity contribution in [2.24, 2.45) is 0 Å². The lowest BCUT2D eigenvalue weighted by Crippen LogP contribution is -2.34. The standard InChI is InChI=1S/C16H31Cl2NO/c1-2-3-4-5-6-7-8-9-10-11-16(20)19(14-12-17)15-13-18/h2-15H2,1H3. The van der Waals surface area contributed by atoms with Crippen LogP contribution in [-0.2, 0) is 4.79 Å². The topological polar surface area (TPSA) is 20.3 Å². The normalized spacial score (nSPS) is 10.8. The van der Waals surface area contributed by atoms with Gasteiger partial charge in [0.05, 0.1) is 0 Å². The van der Waals surface area contributed by atoms with E-state index in [1.807, 2.05) is 0 Å². The van der Waals surface area contributed by atoms with Gasteiger partial charge in [-0.25, -0.2) is 0 Å². The zero-order valence-corrected chi connectivity index (χ0v) is 14.5. The van der Waals surface area contributed by atoms with E-state index < -0.39 is 0 Å². The summed E-state index contributed by atoms with van der Waals surface area (Å²) in [6.45, 7) is 3.48. The molecule has 0 N–H and O–H groups in total. The Morgan fingerprint density at radius 2 is 1.25 bits per heavy atom.